The summed E-state index contributed by atoms with van der Waals surface area (Å²) in [6.45, 7) is 6.23. The molecule has 6 nitrogen and oxygen atoms in total. The minimum absolute atomic E-state index is 0.111. The van der Waals surface area contributed by atoms with Crippen LogP contribution in [0.2, 0.25) is 0 Å². The van der Waals surface area contributed by atoms with Gasteiger partial charge in [-0.05, 0) is 154 Å². The standard InChI is InChI=1S/C77H120O6/c1-4-7-10-13-16-19-22-25-28-30-31-32-33-34-35-36-37-38-39-40-41-42-43-44-45-47-49-52-55-58-61-64-67-70-76(79)82-73-74(72-81-75(78)69-66-63-60-57-54-51-48-27-24-21-18-15-12-9-6-3)83-77(80)71-68-65-62-59-56-53-50-46-29-26-23-20-17-14-11-8-5-2/h7-12,16-21,25-29,31-32,34-35,37-38,40-41,48,50,53-54,57,74H,4-6,13-15,22-24,30,33,36,39,42-47,49,51-52,55-56,58-73H2,1-3H3/b10-7-,11-8-,12-9-,19-16-,20-17-,21-18-,28-25-,29-26-,32-31-,35-34-,38-37-,41-40-,48-27-,53-50-,57-54-. The monoisotopic (exact) mass is 1140 g/mol. The Kier molecular flexibility index (Phi) is 64.4. The predicted octanol–water partition coefficient (Wildman–Crippen LogP) is 23.2. The molecule has 0 fully saturated rings. The van der Waals surface area contributed by atoms with Crippen LogP contribution in [-0.4, -0.2) is 37.2 Å². The van der Waals surface area contributed by atoms with Gasteiger partial charge in [0.1, 0.15) is 13.2 Å². The minimum Gasteiger partial charge on any atom is -0.462 e. The molecule has 0 N–H and O–H groups in total. The molecule has 0 aliphatic carbocycles. The zero-order chi connectivity index (χ0) is 59.9. The van der Waals surface area contributed by atoms with Crippen LogP contribution in [0.15, 0.2) is 182 Å². The van der Waals surface area contributed by atoms with Crippen LogP contribution in [0.1, 0.15) is 265 Å². The third-order valence-corrected chi connectivity index (χ3v) is 13.4. The van der Waals surface area contributed by atoms with E-state index in [9.17, 15) is 14.4 Å². The lowest BCUT2D eigenvalue weighted by Crippen LogP contribution is -2.30. The van der Waals surface area contributed by atoms with E-state index in [1.54, 1.807) is 0 Å². The highest BCUT2D eigenvalue weighted by Gasteiger charge is 2.19. The third-order valence-electron chi connectivity index (χ3n) is 13.4. The SMILES string of the molecule is CC/C=C\C/C=C\C/C=C\C/C=C\C/C=C\C/C=C\C/C=C\CCCCCCCCCCCCCC(=O)OCC(COC(=O)CCCC/C=C\C/C=C\C/C=C\C/C=C\CC)OC(=O)CCCCCC/C=C\C/C=C\C/C=C\C/C=C\CC. The Labute approximate surface area is 510 Å². The van der Waals surface area contributed by atoms with E-state index in [4.69, 9.17) is 14.2 Å². The van der Waals surface area contributed by atoms with E-state index in [1.807, 2.05) is 0 Å². The van der Waals surface area contributed by atoms with Gasteiger partial charge in [-0.1, -0.05) is 274 Å². The van der Waals surface area contributed by atoms with Gasteiger partial charge in [0.25, 0.3) is 0 Å². The van der Waals surface area contributed by atoms with Gasteiger partial charge in [0, 0.05) is 19.3 Å². The van der Waals surface area contributed by atoms with Crippen LogP contribution in [0, 0.1) is 0 Å². The second-order valence-corrected chi connectivity index (χ2v) is 21.2. The molecule has 1 unspecified atom stereocenters. The Hall–Kier alpha value is -5.49. The van der Waals surface area contributed by atoms with E-state index in [-0.39, 0.29) is 37.5 Å². The smallest absolute Gasteiger partial charge is 0.306 e. The van der Waals surface area contributed by atoms with E-state index in [1.165, 1.54) is 57.8 Å². The Balaban J connectivity index is 4.36. The van der Waals surface area contributed by atoms with Crippen molar-refractivity contribution in [3.8, 4) is 0 Å². The van der Waals surface area contributed by atoms with E-state index < -0.39 is 6.10 Å². The summed E-state index contributed by atoms with van der Waals surface area (Å²) in [5.41, 5.74) is 0. The van der Waals surface area contributed by atoms with E-state index in [0.717, 1.165) is 161 Å². The van der Waals surface area contributed by atoms with Gasteiger partial charge in [-0.25, -0.2) is 0 Å². The van der Waals surface area contributed by atoms with Crippen molar-refractivity contribution in [3.05, 3.63) is 182 Å². The van der Waals surface area contributed by atoms with Gasteiger partial charge in [-0.3, -0.25) is 14.4 Å². The number of allylic oxidation sites excluding steroid dienone is 30. The van der Waals surface area contributed by atoms with E-state index in [0.29, 0.717) is 19.3 Å². The van der Waals surface area contributed by atoms with E-state index >= 15 is 0 Å². The number of hydrogen-bond donors (Lipinski definition) is 0. The predicted molar refractivity (Wildman–Crippen MR) is 361 cm³/mol. The largest absolute Gasteiger partial charge is 0.462 e. The summed E-state index contributed by atoms with van der Waals surface area (Å²) in [6.07, 6.45) is 103. The zero-order valence-corrected chi connectivity index (χ0v) is 53.1. The number of esters is 3. The first-order valence-electron chi connectivity index (χ1n) is 33.3. The second-order valence-electron chi connectivity index (χ2n) is 21.2. The minimum atomic E-state index is -0.820. The van der Waals surface area contributed by atoms with Crippen LogP contribution >= 0.6 is 0 Å². The fraction of sp³-hybridized carbons (Fsp3) is 0.571. The van der Waals surface area contributed by atoms with Crippen molar-refractivity contribution < 1.29 is 28.6 Å². The summed E-state index contributed by atoms with van der Waals surface area (Å²) in [4.78, 5) is 38.3. The Morgan fingerprint density at radius 2 is 0.434 bits per heavy atom. The van der Waals surface area contributed by atoms with Crippen molar-refractivity contribution in [1.29, 1.82) is 0 Å². The first-order valence-corrected chi connectivity index (χ1v) is 33.3. The maximum atomic E-state index is 12.9. The first kappa shape index (κ1) is 77.5. The van der Waals surface area contributed by atoms with Crippen molar-refractivity contribution in [3.63, 3.8) is 0 Å². The number of hydrogen-bond acceptors (Lipinski definition) is 6. The Morgan fingerprint density at radius 3 is 0.699 bits per heavy atom. The molecular weight excluding hydrogens is 1020 g/mol. The number of carbonyl (C=O) groups is 3. The Morgan fingerprint density at radius 1 is 0.241 bits per heavy atom. The van der Waals surface area contributed by atoms with Crippen molar-refractivity contribution in [2.75, 3.05) is 13.2 Å². The molecule has 0 saturated heterocycles. The van der Waals surface area contributed by atoms with Gasteiger partial charge in [-0.15, -0.1) is 0 Å². The van der Waals surface area contributed by atoms with Crippen LogP contribution in [0.3, 0.4) is 0 Å². The van der Waals surface area contributed by atoms with Crippen LogP contribution in [0.5, 0.6) is 0 Å². The van der Waals surface area contributed by atoms with Gasteiger partial charge < -0.3 is 14.2 Å². The van der Waals surface area contributed by atoms with Crippen molar-refractivity contribution in [1.82, 2.24) is 0 Å². The summed E-state index contributed by atoms with van der Waals surface area (Å²) in [6, 6.07) is 0. The summed E-state index contributed by atoms with van der Waals surface area (Å²) in [5, 5.41) is 0. The molecule has 0 aromatic heterocycles. The number of unbranched alkanes of at least 4 members (excludes halogenated alkanes) is 17. The lowest BCUT2D eigenvalue weighted by atomic mass is 10.0. The molecule has 0 rings (SSSR count). The number of ether oxygens (including phenoxy) is 3. The maximum Gasteiger partial charge on any atom is 0.306 e. The molecule has 0 spiro atoms. The summed E-state index contributed by atoms with van der Waals surface area (Å²) in [7, 11) is 0. The van der Waals surface area contributed by atoms with Crippen molar-refractivity contribution in [2.45, 2.75) is 271 Å². The van der Waals surface area contributed by atoms with E-state index in [2.05, 4.69) is 203 Å². The highest BCUT2D eigenvalue weighted by molar-refractivity contribution is 5.71. The molecule has 0 aromatic carbocycles. The average Bonchev–Trinajstić information content (AvgIpc) is 3.49. The van der Waals surface area contributed by atoms with Gasteiger partial charge >= 0.3 is 17.9 Å². The zero-order valence-electron chi connectivity index (χ0n) is 53.1. The lowest BCUT2D eigenvalue weighted by molar-refractivity contribution is -0.167. The molecule has 0 saturated carbocycles. The molecule has 1 atom stereocenters. The molecule has 0 aliphatic heterocycles. The molecule has 0 aromatic rings. The average molecular weight is 1140 g/mol. The third kappa shape index (κ3) is 67.2. The molecule has 0 aliphatic rings. The van der Waals surface area contributed by atoms with Crippen LogP contribution in [-0.2, 0) is 28.6 Å². The summed E-state index contributed by atoms with van der Waals surface area (Å²) < 4.78 is 16.9. The van der Waals surface area contributed by atoms with Crippen LogP contribution in [0.4, 0.5) is 0 Å². The molecule has 0 heterocycles. The number of rotatable bonds is 58. The van der Waals surface area contributed by atoms with Gasteiger partial charge in [0.15, 0.2) is 6.10 Å². The van der Waals surface area contributed by atoms with Crippen LogP contribution in [0.25, 0.3) is 0 Å². The lowest BCUT2D eigenvalue weighted by Gasteiger charge is -2.18. The van der Waals surface area contributed by atoms with Gasteiger partial charge in [0.2, 0.25) is 0 Å². The molecule has 0 amide bonds. The van der Waals surface area contributed by atoms with Crippen molar-refractivity contribution >= 4 is 17.9 Å². The normalized spacial score (nSPS) is 13.3. The topological polar surface area (TPSA) is 78.9 Å². The molecule has 0 bridgehead atoms. The highest BCUT2D eigenvalue weighted by Crippen LogP contribution is 2.15. The number of carbonyl (C=O) groups excluding carboxylic acids is 3. The molecule has 464 valence electrons. The Bertz CT molecular complexity index is 1940. The highest BCUT2D eigenvalue weighted by atomic mass is 16.6. The van der Waals surface area contributed by atoms with Crippen LogP contribution < -0.4 is 0 Å². The first-order chi connectivity index (χ1) is 41.0. The molecule has 83 heavy (non-hydrogen) atoms. The molecule has 0 radical (unpaired) electrons. The fourth-order valence-corrected chi connectivity index (χ4v) is 8.52. The summed E-state index contributed by atoms with van der Waals surface area (Å²) in [5.74, 6) is -0.986. The second kappa shape index (κ2) is 69.0. The van der Waals surface area contributed by atoms with Gasteiger partial charge in [-0.2, -0.15) is 0 Å². The fourth-order valence-electron chi connectivity index (χ4n) is 8.52. The van der Waals surface area contributed by atoms with Gasteiger partial charge in [0.05, 0.1) is 0 Å². The van der Waals surface area contributed by atoms with Crippen molar-refractivity contribution in [2.24, 2.45) is 0 Å². The molecular formula is C77H120O6. The quantitative estimate of drug-likeness (QED) is 0.0261. The maximum absolute atomic E-state index is 12.9. The summed E-state index contributed by atoms with van der Waals surface area (Å²) >= 11 is 0. The molecule has 6 heteroatoms.